The summed E-state index contributed by atoms with van der Waals surface area (Å²) in [5.41, 5.74) is 0.597. The van der Waals surface area contributed by atoms with E-state index in [9.17, 15) is 0 Å². The number of piperazine rings is 1. The Morgan fingerprint density at radius 2 is 1.82 bits per heavy atom. The van der Waals surface area contributed by atoms with Gasteiger partial charge >= 0.3 is 0 Å². The van der Waals surface area contributed by atoms with Crippen molar-refractivity contribution in [1.82, 2.24) is 25.1 Å². The van der Waals surface area contributed by atoms with Gasteiger partial charge in [0.15, 0.2) is 5.96 Å². The lowest BCUT2D eigenvalue weighted by Crippen LogP contribution is -2.48. The summed E-state index contributed by atoms with van der Waals surface area (Å²) in [5, 5.41) is 3.61. The summed E-state index contributed by atoms with van der Waals surface area (Å²) in [5.74, 6) is 1.97. The van der Waals surface area contributed by atoms with E-state index in [1.165, 1.54) is 45.2 Å². The molecule has 1 aliphatic carbocycles. The maximum absolute atomic E-state index is 4.55. The average Bonchev–Trinajstić information content (AvgIpc) is 3.39. The lowest BCUT2D eigenvalue weighted by atomic mass is 9.86. The lowest BCUT2D eigenvalue weighted by Gasteiger charge is -2.34. The van der Waals surface area contributed by atoms with Crippen molar-refractivity contribution < 1.29 is 0 Å². The zero-order chi connectivity index (χ0) is 19.2. The molecule has 28 heavy (non-hydrogen) atoms. The molecule has 1 aromatic rings. The van der Waals surface area contributed by atoms with E-state index in [2.05, 4.69) is 35.0 Å². The van der Waals surface area contributed by atoms with Crippen LogP contribution in [-0.4, -0.2) is 85.1 Å². The van der Waals surface area contributed by atoms with Crippen LogP contribution in [0.2, 0.25) is 0 Å². The first-order valence-corrected chi connectivity index (χ1v) is 11.0. The van der Waals surface area contributed by atoms with Crippen LogP contribution in [0.3, 0.4) is 0 Å². The van der Waals surface area contributed by atoms with Gasteiger partial charge in [-0.15, -0.1) is 0 Å². The summed E-state index contributed by atoms with van der Waals surface area (Å²) in [6, 6.07) is 1.87. The molecule has 154 valence electrons. The Bertz CT molecular complexity index is 633. The maximum atomic E-state index is 4.55. The first-order chi connectivity index (χ1) is 13.8. The summed E-state index contributed by atoms with van der Waals surface area (Å²) in [6.45, 7) is 8.70. The van der Waals surface area contributed by atoms with Gasteiger partial charge in [-0.3, -0.25) is 9.89 Å². The zero-order valence-corrected chi connectivity index (χ0v) is 17.3. The van der Waals surface area contributed by atoms with Crippen LogP contribution in [0.25, 0.3) is 0 Å². The molecule has 4 rings (SSSR count). The van der Waals surface area contributed by atoms with Crippen LogP contribution in [0, 0.1) is 5.41 Å². The zero-order valence-electron chi connectivity index (χ0n) is 17.3. The van der Waals surface area contributed by atoms with Crippen LogP contribution in [0.4, 0.5) is 5.95 Å². The monoisotopic (exact) mass is 385 g/mol. The Balaban J connectivity index is 1.14. The smallest absolute Gasteiger partial charge is 0.225 e. The topological polar surface area (TPSA) is 59.9 Å². The standard InChI is InChI=1S/C21H35N7/c1-22-19(28-13-8-21(18-28)6-2-3-7-21)23-11-5-12-26-14-16-27(17-15-26)20-24-9-4-10-25-20/h4,9-10H,2-3,5-8,11-18H2,1H3,(H,22,23). The molecule has 1 N–H and O–H groups in total. The van der Waals surface area contributed by atoms with Gasteiger partial charge in [0.25, 0.3) is 0 Å². The largest absolute Gasteiger partial charge is 0.356 e. The van der Waals surface area contributed by atoms with Crippen molar-refractivity contribution in [2.45, 2.75) is 38.5 Å². The van der Waals surface area contributed by atoms with E-state index >= 15 is 0 Å². The molecule has 3 aliphatic rings. The molecule has 1 spiro atoms. The minimum Gasteiger partial charge on any atom is -0.356 e. The Kier molecular flexibility index (Phi) is 6.29. The highest BCUT2D eigenvalue weighted by Gasteiger charge is 2.41. The van der Waals surface area contributed by atoms with Crippen molar-refractivity contribution in [3.8, 4) is 0 Å². The van der Waals surface area contributed by atoms with Gasteiger partial charge < -0.3 is 15.1 Å². The van der Waals surface area contributed by atoms with E-state index in [-0.39, 0.29) is 0 Å². The summed E-state index contributed by atoms with van der Waals surface area (Å²) < 4.78 is 0. The summed E-state index contributed by atoms with van der Waals surface area (Å²) >= 11 is 0. The van der Waals surface area contributed by atoms with Gasteiger partial charge in [0.1, 0.15) is 0 Å². The fourth-order valence-corrected chi connectivity index (χ4v) is 5.11. The van der Waals surface area contributed by atoms with Crippen molar-refractivity contribution in [3.63, 3.8) is 0 Å². The van der Waals surface area contributed by atoms with Crippen LogP contribution < -0.4 is 10.2 Å². The van der Waals surface area contributed by atoms with Gasteiger partial charge in [-0.1, -0.05) is 12.8 Å². The van der Waals surface area contributed by atoms with Crippen LogP contribution in [0.5, 0.6) is 0 Å². The SMILES string of the molecule is CN=C(NCCCN1CCN(c2ncccn2)CC1)N1CCC2(CCCC2)C1. The average molecular weight is 386 g/mol. The summed E-state index contributed by atoms with van der Waals surface area (Å²) in [4.78, 5) is 20.6. The van der Waals surface area contributed by atoms with E-state index in [1.807, 2.05) is 25.5 Å². The molecule has 1 aromatic heterocycles. The van der Waals surface area contributed by atoms with Crippen LogP contribution >= 0.6 is 0 Å². The molecule has 2 saturated heterocycles. The van der Waals surface area contributed by atoms with E-state index in [1.54, 1.807) is 0 Å². The molecule has 2 aliphatic heterocycles. The fraction of sp³-hybridized carbons (Fsp3) is 0.762. The molecular formula is C21H35N7. The maximum Gasteiger partial charge on any atom is 0.225 e. The Morgan fingerprint density at radius 3 is 2.54 bits per heavy atom. The van der Waals surface area contributed by atoms with E-state index in [0.29, 0.717) is 5.41 Å². The number of nitrogens with one attached hydrogen (secondary N) is 1. The summed E-state index contributed by atoms with van der Waals surface area (Å²) in [6.07, 6.45) is 11.8. The second kappa shape index (κ2) is 9.07. The molecule has 0 aromatic carbocycles. The molecule has 0 radical (unpaired) electrons. The van der Waals surface area contributed by atoms with Crippen LogP contribution in [0.15, 0.2) is 23.5 Å². The number of likely N-dealkylation sites (tertiary alicyclic amines) is 1. The molecule has 0 atom stereocenters. The molecule has 7 nitrogen and oxygen atoms in total. The van der Waals surface area contributed by atoms with Gasteiger partial charge in [0.2, 0.25) is 5.95 Å². The minimum absolute atomic E-state index is 0.597. The van der Waals surface area contributed by atoms with Crippen molar-refractivity contribution in [3.05, 3.63) is 18.5 Å². The molecule has 7 heteroatoms. The third kappa shape index (κ3) is 4.57. The number of nitrogens with zero attached hydrogens (tertiary/aromatic N) is 6. The van der Waals surface area contributed by atoms with E-state index < -0.39 is 0 Å². The first kappa shape index (κ1) is 19.4. The highest BCUT2D eigenvalue weighted by Crippen LogP contribution is 2.45. The first-order valence-electron chi connectivity index (χ1n) is 11.0. The minimum atomic E-state index is 0.597. The predicted molar refractivity (Wildman–Crippen MR) is 114 cm³/mol. The number of rotatable bonds is 5. The summed E-state index contributed by atoms with van der Waals surface area (Å²) in [7, 11) is 1.92. The highest BCUT2D eigenvalue weighted by atomic mass is 15.3. The second-order valence-corrected chi connectivity index (χ2v) is 8.58. The van der Waals surface area contributed by atoms with Crippen molar-refractivity contribution in [2.24, 2.45) is 10.4 Å². The van der Waals surface area contributed by atoms with Gasteiger partial charge in [0, 0.05) is 65.3 Å². The number of guanidine groups is 1. The molecule has 3 fully saturated rings. The van der Waals surface area contributed by atoms with Crippen molar-refractivity contribution in [1.29, 1.82) is 0 Å². The molecule has 0 amide bonds. The molecule has 3 heterocycles. The highest BCUT2D eigenvalue weighted by molar-refractivity contribution is 5.80. The number of hydrogen-bond donors (Lipinski definition) is 1. The van der Waals surface area contributed by atoms with Crippen molar-refractivity contribution in [2.75, 3.05) is 64.3 Å². The third-order valence-electron chi connectivity index (χ3n) is 6.76. The Morgan fingerprint density at radius 1 is 1.07 bits per heavy atom. The molecule has 0 bridgehead atoms. The van der Waals surface area contributed by atoms with Crippen LogP contribution in [-0.2, 0) is 0 Å². The number of hydrogen-bond acceptors (Lipinski definition) is 5. The molecule has 1 saturated carbocycles. The normalized spacial score (nSPS) is 23.0. The predicted octanol–water partition coefficient (Wildman–Crippen LogP) is 1.83. The Hall–Kier alpha value is -1.89. The van der Waals surface area contributed by atoms with Gasteiger partial charge in [-0.05, 0) is 43.7 Å². The quantitative estimate of drug-likeness (QED) is 0.474. The fourth-order valence-electron chi connectivity index (χ4n) is 5.11. The number of anilines is 1. The van der Waals surface area contributed by atoms with Gasteiger partial charge in [-0.2, -0.15) is 0 Å². The van der Waals surface area contributed by atoms with E-state index in [4.69, 9.17) is 0 Å². The van der Waals surface area contributed by atoms with E-state index in [0.717, 1.165) is 57.6 Å². The van der Waals surface area contributed by atoms with Gasteiger partial charge in [-0.25, -0.2) is 9.97 Å². The molecule has 0 unspecified atom stereocenters. The van der Waals surface area contributed by atoms with Crippen molar-refractivity contribution >= 4 is 11.9 Å². The number of aliphatic imine (C=N–C) groups is 1. The third-order valence-corrected chi connectivity index (χ3v) is 6.76. The molecular weight excluding hydrogens is 350 g/mol. The lowest BCUT2D eigenvalue weighted by molar-refractivity contribution is 0.253. The number of aromatic nitrogens is 2. The second-order valence-electron chi connectivity index (χ2n) is 8.58. The van der Waals surface area contributed by atoms with Gasteiger partial charge in [0.05, 0.1) is 0 Å². The Labute approximate surface area is 169 Å². The van der Waals surface area contributed by atoms with Crippen LogP contribution in [0.1, 0.15) is 38.5 Å².